The molecule has 8 heteroatoms. The van der Waals surface area contributed by atoms with Crippen LogP contribution in [-0.4, -0.2) is 60.5 Å². The van der Waals surface area contributed by atoms with Gasteiger partial charge in [0.15, 0.2) is 0 Å². The third-order valence-electron chi connectivity index (χ3n) is 3.82. The summed E-state index contributed by atoms with van der Waals surface area (Å²) in [4.78, 5) is 0. The SMILES string of the molecule is COCCn1cnnc1C1(C)CCCN(S(C)(=O)=O)C1. The van der Waals surface area contributed by atoms with Crippen molar-refractivity contribution in [3.8, 4) is 0 Å². The predicted octanol–water partition coefficient (Wildman–Crippen LogP) is 0.238. The molecule has 0 amide bonds. The summed E-state index contributed by atoms with van der Waals surface area (Å²) < 4.78 is 32.1. The minimum atomic E-state index is -3.17. The summed E-state index contributed by atoms with van der Waals surface area (Å²) in [7, 11) is -1.52. The van der Waals surface area contributed by atoms with Crippen LogP contribution in [-0.2, 0) is 26.7 Å². The first-order valence-corrected chi connectivity index (χ1v) is 8.54. The lowest BCUT2D eigenvalue weighted by Crippen LogP contribution is -2.47. The number of hydrogen-bond acceptors (Lipinski definition) is 5. The van der Waals surface area contributed by atoms with Crippen LogP contribution in [0.5, 0.6) is 0 Å². The van der Waals surface area contributed by atoms with Crippen LogP contribution in [0.1, 0.15) is 25.6 Å². The number of hydrogen-bond donors (Lipinski definition) is 0. The Morgan fingerprint density at radius 1 is 1.50 bits per heavy atom. The molecule has 1 aliphatic heterocycles. The van der Waals surface area contributed by atoms with E-state index >= 15 is 0 Å². The van der Waals surface area contributed by atoms with Crippen LogP contribution in [0.2, 0.25) is 0 Å². The molecular weight excluding hydrogens is 280 g/mol. The zero-order chi connectivity index (χ0) is 14.8. The Labute approximate surface area is 120 Å². The zero-order valence-electron chi connectivity index (χ0n) is 12.2. The molecule has 0 saturated carbocycles. The molecule has 2 heterocycles. The second-order valence-corrected chi connectivity index (χ2v) is 7.58. The fourth-order valence-electron chi connectivity index (χ4n) is 2.73. The molecule has 1 saturated heterocycles. The zero-order valence-corrected chi connectivity index (χ0v) is 13.1. The first-order chi connectivity index (χ1) is 9.37. The molecule has 0 N–H and O–H groups in total. The normalized spacial score (nSPS) is 24.9. The van der Waals surface area contributed by atoms with Gasteiger partial charge in [-0.25, -0.2) is 12.7 Å². The second kappa shape index (κ2) is 5.79. The molecule has 2 rings (SSSR count). The second-order valence-electron chi connectivity index (χ2n) is 5.60. The number of nitrogens with zero attached hydrogens (tertiary/aromatic N) is 4. The molecule has 1 fully saturated rings. The van der Waals surface area contributed by atoms with Crippen molar-refractivity contribution in [2.75, 3.05) is 33.1 Å². The fourth-order valence-corrected chi connectivity index (χ4v) is 3.71. The van der Waals surface area contributed by atoms with Crippen LogP contribution in [0.3, 0.4) is 0 Å². The van der Waals surface area contributed by atoms with Gasteiger partial charge in [0.05, 0.1) is 12.9 Å². The molecule has 7 nitrogen and oxygen atoms in total. The van der Waals surface area contributed by atoms with E-state index in [4.69, 9.17) is 4.74 Å². The monoisotopic (exact) mass is 302 g/mol. The van der Waals surface area contributed by atoms with Gasteiger partial charge in [-0.2, -0.15) is 0 Å². The molecule has 1 aliphatic rings. The van der Waals surface area contributed by atoms with Crippen LogP contribution in [0, 0.1) is 0 Å². The van der Waals surface area contributed by atoms with E-state index in [-0.39, 0.29) is 5.41 Å². The lowest BCUT2D eigenvalue weighted by molar-refractivity contribution is 0.179. The highest BCUT2D eigenvalue weighted by molar-refractivity contribution is 7.88. The molecule has 0 aromatic carbocycles. The van der Waals surface area contributed by atoms with Crippen molar-refractivity contribution < 1.29 is 13.2 Å². The van der Waals surface area contributed by atoms with E-state index in [0.29, 0.717) is 26.2 Å². The summed E-state index contributed by atoms with van der Waals surface area (Å²) >= 11 is 0. The quantitative estimate of drug-likeness (QED) is 0.778. The van der Waals surface area contributed by atoms with E-state index in [0.717, 1.165) is 18.7 Å². The first kappa shape index (κ1) is 15.4. The first-order valence-electron chi connectivity index (χ1n) is 6.69. The molecular formula is C12H22N4O3S. The van der Waals surface area contributed by atoms with Gasteiger partial charge in [0.25, 0.3) is 0 Å². The lowest BCUT2D eigenvalue weighted by Gasteiger charge is -2.38. The molecule has 0 bridgehead atoms. The number of rotatable bonds is 5. The van der Waals surface area contributed by atoms with Gasteiger partial charge in [-0.3, -0.25) is 0 Å². The summed E-state index contributed by atoms with van der Waals surface area (Å²) in [5.41, 5.74) is -0.300. The largest absolute Gasteiger partial charge is 0.383 e. The van der Waals surface area contributed by atoms with Gasteiger partial charge >= 0.3 is 0 Å². The molecule has 0 spiro atoms. The van der Waals surface area contributed by atoms with Crippen LogP contribution in [0.25, 0.3) is 0 Å². The fraction of sp³-hybridized carbons (Fsp3) is 0.833. The number of ether oxygens (including phenoxy) is 1. The van der Waals surface area contributed by atoms with Gasteiger partial charge in [-0.05, 0) is 12.8 Å². The van der Waals surface area contributed by atoms with Crippen molar-refractivity contribution in [3.05, 3.63) is 12.2 Å². The lowest BCUT2D eigenvalue weighted by atomic mass is 9.82. The third-order valence-corrected chi connectivity index (χ3v) is 5.07. The molecule has 1 aromatic heterocycles. The van der Waals surface area contributed by atoms with Gasteiger partial charge in [-0.1, -0.05) is 6.92 Å². The summed E-state index contributed by atoms with van der Waals surface area (Å²) in [5.74, 6) is 0.836. The van der Waals surface area contributed by atoms with Crippen molar-refractivity contribution >= 4 is 10.0 Å². The average Bonchev–Trinajstić information content (AvgIpc) is 2.84. The Hall–Kier alpha value is -0.990. The van der Waals surface area contributed by atoms with Gasteiger partial charge in [-0.15, -0.1) is 10.2 Å². The number of aromatic nitrogens is 3. The van der Waals surface area contributed by atoms with Crippen molar-refractivity contribution in [2.24, 2.45) is 0 Å². The molecule has 1 atom stereocenters. The Morgan fingerprint density at radius 3 is 2.90 bits per heavy atom. The van der Waals surface area contributed by atoms with Crippen LogP contribution in [0.4, 0.5) is 0 Å². The highest BCUT2D eigenvalue weighted by Gasteiger charge is 2.39. The van der Waals surface area contributed by atoms with Crippen molar-refractivity contribution in [1.29, 1.82) is 0 Å². The minimum Gasteiger partial charge on any atom is -0.383 e. The molecule has 20 heavy (non-hydrogen) atoms. The Kier molecular flexibility index (Phi) is 4.46. The molecule has 1 unspecified atom stereocenters. The van der Waals surface area contributed by atoms with E-state index in [1.54, 1.807) is 13.4 Å². The van der Waals surface area contributed by atoms with Crippen LogP contribution in [0.15, 0.2) is 6.33 Å². The van der Waals surface area contributed by atoms with E-state index < -0.39 is 10.0 Å². The number of methoxy groups -OCH3 is 1. The summed E-state index contributed by atoms with van der Waals surface area (Å²) in [6, 6.07) is 0. The highest BCUT2D eigenvalue weighted by Crippen LogP contribution is 2.33. The van der Waals surface area contributed by atoms with Gasteiger partial charge in [0, 0.05) is 32.2 Å². The maximum Gasteiger partial charge on any atom is 0.211 e. The molecule has 1 aromatic rings. The van der Waals surface area contributed by atoms with E-state index in [1.807, 2.05) is 4.57 Å². The van der Waals surface area contributed by atoms with Gasteiger partial charge in [0.1, 0.15) is 12.2 Å². The Bertz CT molecular complexity index is 557. The van der Waals surface area contributed by atoms with E-state index in [9.17, 15) is 8.42 Å². The maximum atomic E-state index is 11.8. The van der Waals surface area contributed by atoms with E-state index in [1.165, 1.54) is 10.6 Å². The summed E-state index contributed by atoms with van der Waals surface area (Å²) in [6.07, 6.45) is 4.68. The van der Waals surface area contributed by atoms with Crippen molar-refractivity contribution in [3.63, 3.8) is 0 Å². The van der Waals surface area contributed by atoms with Crippen molar-refractivity contribution in [2.45, 2.75) is 31.7 Å². The third kappa shape index (κ3) is 3.18. The van der Waals surface area contributed by atoms with Gasteiger partial charge < -0.3 is 9.30 Å². The van der Waals surface area contributed by atoms with Crippen LogP contribution < -0.4 is 0 Å². The Balaban J connectivity index is 2.24. The number of piperidine rings is 1. The van der Waals surface area contributed by atoms with E-state index in [2.05, 4.69) is 17.1 Å². The topological polar surface area (TPSA) is 77.3 Å². The molecule has 0 aliphatic carbocycles. The molecule has 0 radical (unpaired) electrons. The van der Waals surface area contributed by atoms with Crippen LogP contribution >= 0.6 is 0 Å². The maximum absolute atomic E-state index is 11.8. The summed E-state index contributed by atoms with van der Waals surface area (Å²) in [5, 5.41) is 8.19. The predicted molar refractivity (Wildman–Crippen MR) is 74.9 cm³/mol. The highest BCUT2D eigenvalue weighted by atomic mass is 32.2. The Morgan fingerprint density at radius 2 is 2.25 bits per heavy atom. The summed E-state index contributed by atoms with van der Waals surface area (Å²) in [6.45, 7) is 4.35. The minimum absolute atomic E-state index is 0.300. The standard InChI is InChI=1S/C12H22N4O3S/c1-12(5-4-6-16(9-12)20(3,17)18)11-14-13-10-15(11)7-8-19-2/h10H,4-9H2,1-3H3. The average molecular weight is 302 g/mol. The number of sulfonamides is 1. The van der Waals surface area contributed by atoms with Crippen molar-refractivity contribution in [1.82, 2.24) is 19.1 Å². The smallest absolute Gasteiger partial charge is 0.211 e. The molecule has 114 valence electrons. The van der Waals surface area contributed by atoms with Gasteiger partial charge in [0.2, 0.25) is 10.0 Å².